The summed E-state index contributed by atoms with van der Waals surface area (Å²) in [4.78, 5) is 13.3. The number of benzene rings is 1. The van der Waals surface area contributed by atoms with Crippen molar-refractivity contribution in [2.45, 2.75) is 42.5 Å². The molecule has 1 aromatic carbocycles. The maximum atomic E-state index is 12.1. The van der Waals surface area contributed by atoms with Crippen molar-refractivity contribution in [3.63, 3.8) is 0 Å². The first kappa shape index (κ1) is 17.3. The lowest BCUT2D eigenvalue weighted by Gasteiger charge is -2.31. The number of nitrogens with one attached hydrogen (secondary N) is 1. The van der Waals surface area contributed by atoms with E-state index in [9.17, 15) is 4.79 Å². The van der Waals surface area contributed by atoms with Gasteiger partial charge in [0.2, 0.25) is 5.91 Å². The lowest BCUT2D eigenvalue weighted by atomic mass is 9.82. The number of thioether (sulfide) groups is 1. The molecule has 1 aliphatic rings. The van der Waals surface area contributed by atoms with Crippen molar-refractivity contribution in [2.24, 2.45) is 5.73 Å². The summed E-state index contributed by atoms with van der Waals surface area (Å²) in [7, 11) is 0. The van der Waals surface area contributed by atoms with Crippen molar-refractivity contribution >= 4 is 30.1 Å². The third-order valence-corrected chi connectivity index (χ3v) is 4.61. The average Bonchev–Trinajstić information content (AvgIpc) is 2.45. The van der Waals surface area contributed by atoms with Gasteiger partial charge in [-0.2, -0.15) is 0 Å². The molecule has 0 aliphatic heterocycles. The van der Waals surface area contributed by atoms with Crippen LogP contribution in [-0.4, -0.2) is 23.7 Å². The van der Waals surface area contributed by atoms with Crippen molar-refractivity contribution in [1.82, 2.24) is 5.32 Å². The SMILES string of the molecule is Cl.NC1(C(=O)NCCSc2ccccc2)CCCCC1. The summed E-state index contributed by atoms with van der Waals surface area (Å²) in [5, 5.41) is 2.98. The van der Waals surface area contributed by atoms with Crippen molar-refractivity contribution in [3.05, 3.63) is 30.3 Å². The minimum absolute atomic E-state index is 0. The predicted octanol–water partition coefficient (Wildman–Crippen LogP) is 2.98. The Morgan fingerprint density at radius 3 is 2.50 bits per heavy atom. The molecule has 2 rings (SSSR count). The summed E-state index contributed by atoms with van der Waals surface area (Å²) in [5.74, 6) is 0.909. The number of amides is 1. The molecule has 1 saturated carbocycles. The Morgan fingerprint density at radius 1 is 1.20 bits per heavy atom. The van der Waals surface area contributed by atoms with Crippen LogP contribution in [0, 0.1) is 0 Å². The molecular weight excluding hydrogens is 292 g/mol. The van der Waals surface area contributed by atoms with E-state index >= 15 is 0 Å². The van der Waals surface area contributed by atoms with Crippen molar-refractivity contribution in [3.8, 4) is 0 Å². The molecular formula is C15H23ClN2OS. The number of hydrogen-bond donors (Lipinski definition) is 2. The maximum Gasteiger partial charge on any atom is 0.240 e. The van der Waals surface area contributed by atoms with Gasteiger partial charge in [0.25, 0.3) is 0 Å². The first-order valence-electron chi connectivity index (χ1n) is 6.96. The number of carbonyl (C=O) groups is 1. The lowest BCUT2D eigenvalue weighted by molar-refractivity contribution is -0.127. The second kappa shape index (κ2) is 8.55. The van der Waals surface area contributed by atoms with Crippen LogP contribution in [0.25, 0.3) is 0 Å². The Kier molecular flexibility index (Phi) is 7.41. The van der Waals surface area contributed by atoms with Crippen LogP contribution in [0.2, 0.25) is 0 Å². The van der Waals surface area contributed by atoms with Crippen LogP contribution in [0.1, 0.15) is 32.1 Å². The van der Waals surface area contributed by atoms with E-state index in [4.69, 9.17) is 5.73 Å². The molecule has 3 N–H and O–H groups in total. The lowest BCUT2D eigenvalue weighted by Crippen LogP contribution is -2.55. The largest absolute Gasteiger partial charge is 0.354 e. The van der Waals surface area contributed by atoms with E-state index in [-0.39, 0.29) is 18.3 Å². The van der Waals surface area contributed by atoms with E-state index in [1.807, 2.05) is 18.2 Å². The molecule has 1 amide bonds. The standard InChI is InChI=1S/C15H22N2OS.ClH/c16-15(9-5-2-6-10-15)14(18)17-11-12-19-13-7-3-1-4-8-13;/h1,3-4,7-8H,2,5-6,9-12,16H2,(H,17,18);1H. The first-order valence-corrected chi connectivity index (χ1v) is 7.94. The van der Waals surface area contributed by atoms with Gasteiger partial charge in [-0.05, 0) is 25.0 Å². The summed E-state index contributed by atoms with van der Waals surface area (Å²) in [5.41, 5.74) is 5.56. The van der Waals surface area contributed by atoms with Gasteiger partial charge < -0.3 is 11.1 Å². The molecule has 5 heteroatoms. The van der Waals surface area contributed by atoms with Gasteiger partial charge in [0, 0.05) is 17.2 Å². The summed E-state index contributed by atoms with van der Waals surface area (Å²) >= 11 is 1.75. The number of carbonyl (C=O) groups excluding carboxylic acids is 1. The molecule has 0 radical (unpaired) electrons. The Hall–Kier alpha value is -0.710. The van der Waals surface area contributed by atoms with Crippen molar-refractivity contribution < 1.29 is 4.79 Å². The Balaban J connectivity index is 0.00000200. The van der Waals surface area contributed by atoms with Crippen LogP contribution < -0.4 is 11.1 Å². The monoisotopic (exact) mass is 314 g/mol. The van der Waals surface area contributed by atoms with Gasteiger partial charge in [-0.1, -0.05) is 37.5 Å². The molecule has 0 unspecified atom stereocenters. The Morgan fingerprint density at radius 2 is 1.85 bits per heavy atom. The van der Waals surface area contributed by atoms with Gasteiger partial charge in [-0.25, -0.2) is 0 Å². The van der Waals surface area contributed by atoms with Gasteiger partial charge in [0.15, 0.2) is 0 Å². The van der Waals surface area contributed by atoms with Gasteiger partial charge in [-0.3, -0.25) is 4.79 Å². The highest BCUT2D eigenvalue weighted by atomic mass is 35.5. The zero-order valence-corrected chi connectivity index (χ0v) is 13.3. The Labute approximate surface area is 131 Å². The van der Waals surface area contributed by atoms with Crippen molar-refractivity contribution in [1.29, 1.82) is 0 Å². The predicted molar refractivity (Wildman–Crippen MR) is 87.4 cm³/mol. The number of hydrogen-bond acceptors (Lipinski definition) is 3. The molecule has 0 atom stereocenters. The van der Waals surface area contributed by atoms with Crippen LogP contribution in [0.15, 0.2) is 35.2 Å². The normalized spacial score (nSPS) is 17.1. The van der Waals surface area contributed by atoms with E-state index in [2.05, 4.69) is 17.4 Å². The zero-order chi connectivity index (χ0) is 13.6. The summed E-state index contributed by atoms with van der Waals surface area (Å²) in [6.07, 6.45) is 5.00. The van der Waals surface area contributed by atoms with Gasteiger partial charge in [0.05, 0.1) is 5.54 Å². The van der Waals surface area contributed by atoms with E-state index in [1.54, 1.807) is 11.8 Å². The van der Waals surface area contributed by atoms with E-state index in [1.165, 1.54) is 11.3 Å². The molecule has 0 bridgehead atoms. The Bertz CT molecular complexity index is 408. The molecule has 0 heterocycles. The van der Waals surface area contributed by atoms with E-state index in [0.29, 0.717) is 6.54 Å². The van der Waals surface area contributed by atoms with Crippen LogP contribution in [0.4, 0.5) is 0 Å². The molecule has 0 saturated heterocycles. The third-order valence-electron chi connectivity index (χ3n) is 3.60. The van der Waals surface area contributed by atoms with Crippen LogP contribution in [0.5, 0.6) is 0 Å². The quantitative estimate of drug-likeness (QED) is 0.649. The average molecular weight is 315 g/mol. The molecule has 1 fully saturated rings. The highest BCUT2D eigenvalue weighted by molar-refractivity contribution is 7.99. The summed E-state index contributed by atoms with van der Waals surface area (Å²) in [6.45, 7) is 0.678. The van der Waals surface area contributed by atoms with Gasteiger partial charge in [0.1, 0.15) is 0 Å². The number of halogens is 1. The fraction of sp³-hybridized carbons (Fsp3) is 0.533. The fourth-order valence-electron chi connectivity index (χ4n) is 2.44. The number of nitrogens with two attached hydrogens (primary N) is 1. The van der Waals surface area contributed by atoms with Crippen molar-refractivity contribution in [2.75, 3.05) is 12.3 Å². The van der Waals surface area contributed by atoms with E-state index in [0.717, 1.165) is 31.4 Å². The highest BCUT2D eigenvalue weighted by Crippen LogP contribution is 2.26. The van der Waals surface area contributed by atoms with Crippen LogP contribution in [-0.2, 0) is 4.79 Å². The van der Waals surface area contributed by atoms with Crippen LogP contribution in [0.3, 0.4) is 0 Å². The molecule has 0 aromatic heterocycles. The first-order chi connectivity index (χ1) is 9.21. The second-order valence-electron chi connectivity index (χ2n) is 5.13. The second-order valence-corrected chi connectivity index (χ2v) is 6.30. The molecule has 1 aromatic rings. The van der Waals surface area contributed by atoms with Gasteiger partial charge >= 0.3 is 0 Å². The third kappa shape index (κ3) is 5.00. The van der Waals surface area contributed by atoms with Gasteiger partial charge in [-0.15, -0.1) is 24.2 Å². The fourth-order valence-corrected chi connectivity index (χ4v) is 3.23. The summed E-state index contributed by atoms with van der Waals surface area (Å²) < 4.78 is 0. The smallest absolute Gasteiger partial charge is 0.240 e. The van der Waals surface area contributed by atoms with Crippen LogP contribution >= 0.6 is 24.2 Å². The van der Waals surface area contributed by atoms with E-state index < -0.39 is 5.54 Å². The minimum atomic E-state index is -0.615. The zero-order valence-electron chi connectivity index (χ0n) is 11.6. The summed E-state index contributed by atoms with van der Waals surface area (Å²) in [6, 6.07) is 10.2. The molecule has 0 spiro atoms. The minimum Gasteiger partial charge on any atom is -0.354 e. The molecule has 20 heavy (non-hydrogen) atoms. The molecule has 3 nitrogen and oxygen atoms in total. The molecule has 1 aliphatic carbocycles. The highest BCUT2D eigenvalue weighted by Gasteiger charge is 2.34. The topological polar surface area (TPSA) is 55.1 Å². The number of rotatable bonds is 5. The molecule has 112 valence electrons. The maximum absolute atomic E-state index is 12.1.